The average Bonchev–Trinajstić information content (AvgIpc) is 2.32. The molecule has 1 fully saturated rings. The van der Waals surface area contributed by atoms with Gasteiger partial charge in [-0.2, -0.15) is 0 Å². The van der Waals surface area contributed by atoms with Gasteiger partial charge >= 0.3 is 0 Å². The van der Waals surface area contributed by atoms with Gasteiger partial charge in [0.2, 0.25) is 0 Å². The van der Waals surface area contributed by atoms with E-state index in [4.69, 9.17) is 4.74 Å². The van der Waals surface area contributed by atoms with E-state index in [0.717, 1.165) is 26.2 Å². The lowest BCUT2D eigenvalue weighted by Gasteiger charge is -2.24. The highest BCUT2D eigenvalue weighted by molar-refractivity contribution is 5.13. The lowest BCUT2D eigenvalue weighted by atomic mass is 10.2. The SMILES string of the molecule is c1ccc(COC[C@@H]2CNCCN2)cc1. The molecule has 0 spiro atoms. The fourth-order valence-corrected chi connectivity index (χ4v) is 1.72. The molecule has 0 aromatic heterocycles. The average molecular weight is 206 g/mol. The van der Waals surface area contributed by atoms with Crippen LogP contribution in [0.1, 0.15) is 5.56 Å². The van der Waals surface area contributed by atoms with Crippen LogP contribution in [-0.4, -0.2) is 32.3 Å². The summed E-state index contributed by atoms with van der Waals surface area (Å²) in [5.74, 6) is 0. The first-order valence-electron chi connectivity index (χ1n) is 5.51. The maximum atomic E-state index is 5.66. The third kappa shape index (κ3) is 3.63. The van der Waals surface area contributed by atoms with Gasteiger partial charge in [0.05, 0.1) is 13.2 Å². The van der Waals surface area contributed by atoms with Gasteiger partial charge in [0.15, 0.2) is 0 Å². The highest BCUT2D eigenvalue weighted by Crippen LogP contribution is 2.01. The summed E-state index contributed by atoms with van der Waals surface area (Å²) in [5.41, 5.74) is 1.24. The van der Waals surface area contributed by atoms with Crippen molar-refractivity contribution in [2.45, 2.75) is 12.6 Å². The van der Waals surface area contributed by atoms with Crippen molar-refractivity contribution in [1.82, 2.24) is 10.6 Å². The monoisotopic (exact) mass is 206 g/mol. The summed E-state index contributed by atoms with van der Waals surface area (Å²) in [7, 11) is 0. The number of rotatable bonds is 4. The molecule has 0 radical (unpaired) electrons. The van der Waals surface area contributed by atoms with Crippen LogP contribution >= 0.6 is 0 Å². The Labute approximate surface area is 90.8 Å². The zero-order valence-electron chi connectivity index (χ0n) is 8.91. The highest BCUT2D eigenvalue weighted by Gasteiger charge is 2.11. The normalized spacial score (nSPS) is 21.5. The molecule has 0 aliphatic carbocycles. The Morgan fingerprint density at radius 3 is 2.80 bits per heavy atom. The standard InChI is InChI=1S/C12H18N2O/c1-2-4-11(5-3-1)9-15-10-12-8-13-6-7-14-12/h1-5,12-14H,6-10H2/t12-/m0/s1. The number of piperazine rings is 1. The van der Waals surface area contributed by atoms with E-state index in [1.807, 2.05) is 18.2 Å². The van der Waals surface area contributed by atoms with Crippen LogP contribution in [0.5, 0.6) is 0 Å². The van der Waals surface area contributed by atoms with Crippen LogP contribution in [-0.2, 0) is 11.3 Å². The molecule has 15 heavy (non-hydrogen) atoms. The zero-order valence-corrected chi connectivity index (χ0v) is 8.91. The van der Waals surface area contributed by atoms with Crippen LogP contribution in [0.2, 0.25) is 0 Å². The molecule has 1 saturated heterocycles. The van der Waals surface area contributed by atoms with Crippen molar-refractivity contribution in [3.05, 3.63) is 35.9 Å². The largest absolute Gasteiger partial charge is 0.375 e. The fraction of sp³-hybridized carbons (Fsp3) is 0.500. The van der Waals surface area contributed by atoms with Crippen molar-refractivity contribution in [1.29, 1.82) is 0 Å². The molecular formula is C12H18N2O. The van der Waals surface area contributed by atoms with Crippen molar-refractivity contribution < 1.29 is 4.74 Å². The van der Waals surface area contributed by atoms with Crippen molar-refractivity contribution in [3.8, 4) is 0 Å². The molecule has 3 heteroatoms. The van der Waals surface area contributed by atoms with Gasteiger partial charge in [0.25, 0.3) is 0 Å². The molecule has 1 atom stereocenters. The number of hydrogen-bond acceptors (Lipinski definition) is 3. The van der Waals surface area contributed by atoms with E-state index in [-0.39, 0.29) is 0 Å². The summed E-state index contributed by atoms with van der Waals surface area (Å²) >= 11 is 0. The fourth-order valence-electron chi connectivity index (χ4n) is 1.72. The summed E-state index contributed by atoms with van der Waals surface area (Å²) in [5, 5.41) is 6.76. The second-order valence-corrected chi connectivity index (χ2v) is 3.86. The Kier molecular flexibility index (Phi) is 4.14. The van der Waals surface area contributed by atoms with E-state index >= 15 is 0 Å². The van der Waals surface area contributed by atoms with E-state index in [1.54, 1.807) is 0 Å². The Hall–Kier alpha value is -0.900. The van der Waals surface area contributed by atoms with Crippen molar-refractivity contribution in [2.24, 2.45) is 0 Å². The minimum atomic E-state index is 0.461. The van der Waals surface area contributed by atoms with Crippen LogP contribution in [0.15, 0.2) is 30.3 Å². The molecule has 1 heterocycles. The topological polar surface area (TPSA) is 33.3 Å². The first-order chi connectivity index (χ1) is 7.45. The van der Waals surface area contributed by atoms with Crippen molar-refractivity contribution in [3.63, 3.8) is 0 Å². The summed E-state index contributed by atoms with van der Waals surface area (Å²) in [6.45, 7) is 4.60. The number of hydrogen-bond donors (Lipinski definition) is 2. The zero-order chi connectivity index (χ0) is 10.3. The maximum absolute atomic E-state index is 5.66. The molecule has 2 rings (SSSR count). The van der Waals surface area contributed by atoms with Gasteiger partial charge < -0.3 is 15.4 Å². The van der Waals surface area contributed by atoms with Crippen LogP contribution in [0.3, 0.4) is 0 Å². The Morgan fingerprint density at radius 1 is 1.20 bits per heavy atom. The summed E-state index contributed by atoms with van der Waals surface area (Å²) in [6.07, 6.45) is 0. The quantitative estimate of drug-likeness (QED) is 0.763. The molecule has 1 aliphatic heterocycles. The Morgan fingerprint density at radius 2 is 2.07 bits per heavy atom. The number of benzene rings is 1. The molecule has 0 unspecified atom stereocenters. The minimum absolute atomic E-state index is 0.461. The first-order valence-corrected chi connectivity index (χ1v) is 5.51. The van der Waals surface area contributed by atoms with Crippen molar-refractivity contribution in [2.75, 3.05) is 26.2 Å². The third-order valence-corrected chi connectivity index (χ3v) is 2.56. The Bertz CT molecular complexity index is 270. The first kappa shape index (κ1) is 10.6. The second-order valence-electron chi connectivity index (χ2n) is 3.86. The lowest BCUT2D eigenvalue weighted by Crippen LogP contribution is -2.50. The predicted molar refractivity (Wildman–Crippen MR) is 60.8 cm³/mol. The lowest BCUT2D eigenvalue weighted by molar-refractivity contribution is 0.0945. The van der Waals surface area contributed by atoms with E-state index in [2.05, 4.69) is 22.8 Å². The smallest absolute Gasteiger partial charge is 0.0717 e. The van der Waals surface area contributed by atoms with Crippen LogP contribution in [0.25, 0.3) is 0 Å². The van der Waals surface area contributed by atoms with Crippen LogP contribution < -0.4 is 10.6 Å². The third-order valence-electron chi connectivity index (χ3n) is 2.56. The molecule has 0 bridgehead atoms. The molecule has 1 aromatic carbocycles. The van der Waals surface area contributed by atoms with Gasteiger partial charge in [-0.25, -0.2) is 0 Å². The van der Waals surface area contributed by atoms with E-state index in [1.165, 1.54) is 5.56 Å². The van der Waals surface area contributed by atoms with Gasteiger partial charge in [0, 0.05) is 25.7 Å². The van der Waals surface area contributed by atoms with Gasteiger partial charge in [-0.3, -0.25) is 0 Å². The van der Waals surface area contributed by atoms with Crippen LogP contribution in [0, 0.1) is 0 Å². The van der Waals surface area contributed by atoms with Crippen molar-refractivity contribution >= 4 is 0 Å². The maximum Gasteiger partial charge on any atom is 0.0717 e. The molecule has 2 N–H and O–H groups in total. The molecular weight excluding hydrogens is 188 g/mol. The molecule has 1 aliphatic rings. The van der Waals surface area contributed by atoms with Gasteiger partial charge in [-0.1, -0.05) is 30.3 Å². The molecule has 0 amide bonds. The van der Waals surface area contributed by atoms with E-state index in [9.17, 15) is 0 Å². The molecule has 82 valence electrons. The van der Waals surface area contributed by atoms with E-state index in [0.29, 0.717) is 12.6 Å². The van der Waals surface area contributed by atoms with Gasteiger partial charge in [0.1, 0.15) is 0 Å². The number of nitrogens with one attached hydrogen (secondary N) is 2. The summed E-state index contributed by atoms with van der Waals surface area (Å²) in [4.78, 5) is 0. The summed E-state index contributed by atoms with van der Waals surface area (Å²) < 4.78 is 5.66. The van der Waals surface area contributed by atoms with Gasteiger partial charge in [-0.15, -0.1) is 0 Å². The highest BCUT2D eigenvalue weighted by atomic mass is 16.5. The molecule has 1 aromatic rings. The Balaban J connectivity index is 1.66. The van der Waals surface area contributed by atoms with Crippen LogP contribution in [0.4, 0.5) is 0 Å². The predicted octanol–water partition coefficient (Wildman–Crippen LogP) is 0.765. The number of ether oxygens (including phenoxy) is 1. The summed E-state index contributed by atoms with van der Waals surface area (Å²) in [6, 6.07) is 10.7. The molecule has 3 nitrogen and oxygen atoms in total. The molecule has 0 saturated carbocycles. The van der Waals surface area contributed by atoms with Gasteiger partial charge in [-0.05, 0) is 5.56 Å². The van der Waals surface area contributed by atoms with E-state index < -0.39 is 0 Å². The minimum Gasteiger partial charge on any atom is -0.375 e. The second kappa shape index (κ2) is 5.85.